The van der Waals surface area contributed by atoms with Crippen LogP contribution < -0.4 is 10.6 Å². The number of amides is 2. The quantitative estimate of drug-likeness (QED) is 0.723. The number of carbonyl (C=O) groups excluding carboxylic acids is 1. The Kier molecular flexibility index (Phi) is 5.25. The number of aromatic nitrogens is 3. The predicted molar refractivity (Wildman–Crippen MR) is 97.5 cm³/mol. The third-order valence-electron chi connectivity index (χ3n) is 3.83. The van der Waals surface area contributed by atoms with Gasteiger partial charge in [-0.05, 0) is 19.1 Å². The van der Waals surface area contributed by atoms with Crippen molar-refractivity contribution in [2.45, 2.75) is 13.5 Å². The lowest BCUT2D eigenvalue weighted by Gasteiger charge is -2.06. The number of nitrogens with one attached hydrogen (secondary N) is 2. The number of fused-ring (bicyclic) bond motifs is 1. The molecule has 3 aromatic heterocycles. The maximum atomic E-state index is 11.9. The van der Waals surface area contributed by atoms with Gasteiger partial charge in [-0.2, -0.15) is 0 Å². The van der Waals surface area contributed by atoms with Crippen molar-refractivity contribution in [2.24, 2.45) is 0 Å². The SMILES string of the molecule is CCNC(=O)Nc1cn(CCOC)c2cc(-c3cccnc3)cnc12. The summed E-state index contributed by atoms with van der Waals surface area (Å²) in [6.07, 6.45) is 7.23. The van der Waals surface area contributed by atoms with Crippen molar-refractivity contribution in [1.29, 1.82) is 0 Å². The highest BCUT2D eigenvalue weighted by Crippen LogP contribution is 2.28. The fourth-order valence-corrected chi connectivity index (χ4v) is 2.65. The minimum absolute atomic E-state index is 0.244. The van der Waals surface area contributed by atoms with Crippen LogP contribution in [0.25, 0.3) is 22.2 Å². The second-order valence-corrected chi connectivity index (χ2v) is 5.55. The predicted octanol–water partition coefficient (Wildman–Crippen LogP) is 2.89. The molecule has 0 fully saturated rings. The summed E-state index contributed by atoms with van der Waals surface area (Å²) in [5.41, 5.74) is 4.33. The van der Waals surface area contributed by atoms with Gasteiger partial charge in [-0.15, -0.1) is 0 Å². The number of nitrogens with zero attached hydrogens (tertiary/aromatic N) is 3. The van der Waals surface area contributed by atoms with Crippen molar-refractivity contribution in [2.75, 3.05) is 25.6 Å². The van der Waals surface area contributed by atoms with Gasteiger partial charge < -0.3 is 19.9 Å². The van der Waals surface area contributed by atoms with E-state index in [1.54, 1.807) is 25.7 Å². The topological polar surface area (TPSA) is 81.1 Å². The maximum Gasteiger partial charge on any atom is 0.319 e. The van der Waals surface area contributed by atoms with Gasteiger partial charge in [0, 0.05) is 56.1 Å². The summed E-state index contributed by atoms with van der Waals surface area (Å²) < 4.78 is 7.22. The van der Waals surface area contributed by atoms with Crippen LogP contribution in [-0.4, -0.2) is 40.8 Å². The van der Waals surface area contributed by atoms with E-state index in [4.69, 9.17) is 4.74 Å². The van der Waals surface area contributed by atoms with Crippen LogP contribution in [0.15, 0.2) is 43.0 Å². The number of pyridine rings is 2. The number of hydrogen-bond donors (Lipinski definition) is 2. The van der Waals surface area contributed by atoms with Crippen LogP contribution in [0.1, 0.15) is 6.92 Å². The average Bonchev–Trinajstić information content (AvgIpc) is 2.97. The molecule has 3 heterocycles. The third-order valence-corrected chi connectivity index (χ3v) is 3.83. The molecule has 0 atom stereocenters. The molecule has 0 bridgehead atoms. The number of methoxy groups -OCH3 is 1. The number of urea groups is 1. The molecule has 7 nitrogen and oxygen atoms in total. The summed E-state index contributed by atoms with van der Waals surface area (Å²) in [5, 5.41) is 5.58. The van der Waals surface area contributed by atoms with Crippen molar-refractivity contribution in [3.05, 3.63) is 43.0 Å². The molecule has 0 spiro atoms. The highest BCUT2D eigenvalue weighted by molar-refractivity contribution is 6.00. The summed E-state index contributed by atoms with van der Waals surface area (Å²) in [6.45, 7) is 3.68. The van der Waals surface area contributed by atoms with Crippen LogP contribution in [0.5, 0.6) is 0 Å². The van der Waals surface area contributed by atoms with Gasteiger partial charge in [-0.1, -0.05) is 6.07 Å². The van der Waals surface area contributed by atoms with E-state index in [9.17, 15) is 4.79 Å². The molecule has 130 valence electrons. The number of rotatable bonds is 6. The summed E-state index contributed by atoms with van der Waals surface area (Å²) >= 11 is 0. The lowest BCUT2D eigenvalue weighted by molar-refractivity contribution is 0.188. The number of carbonyl (C=O) groups is 1. The molecule has 2 N–H and O–H groups in total. The van der Waals surface area contributed by atoms with Gasteiger partial charge in [0.15, 0.2) is 0 Å². The second kappa shape index (κ2) is 7.76. The largest absolute Gasteiger partial charge is 0.383 e. The molecule has 0 saturated carbocycles. The Morgan fingerprint density at radius 1 is 1.32 bits per heavy atom. The van der Waals surface area contributed by atoms with Gasteiger partial charge in [-0.3, -0.25) is 9.97 Å². The monoisotopic (exact) mass is 339 g/mol. The molecule has 0 saturated heterocycles. The Morgan fingerprint density at radius 3 is 2.92 bits per heavy atom. The second-order valence-electron chi connectivity index (χ2n) is 5.55. The molecule has 7 heteroatoms. The molecular weight excluding hydrogens is 318 g/mol. The van der Waals surface area contributed by atoms with Crippen molar-refractivity contribution < 1.29 is 9.53 Å². The Bertz CT molecular complexity index is 861. The highest BCUT2D eigenvalue weighted by Gasteiger charge is 2.13. The molecule has 0 radical (unpaired) electrons. The van der Waals surface area contributed by atoms with Crippen LogP contribution in [0.2, 0.25) is 0 Å². The average molecular weight is 339 g/mol. The zero-order chi connectivity index (χ0) is 17.6. The molecule has 0 aliphatic heterocycles. The number of anilines is 1. The van der Waals surface area contributed by atoms with Crippen molar-refractivity contribution in [3.8, 4) is 11.1 Å². The van der Waals surface area contributed by atoms with Gasteiger partial charge in [0.25, 0.3) is 0 Å². The first-order valence-corrected chi connectivity index (χ1v) is 8.16. The first kappa shape index (κ1) is 16.9. The summed E-state index contributed by atoms with van der Waals surface area (Å²) in [4.78, 5) is 20.6. The van der Waals surface area contributed by atoms with Crippen molar-refractivity contribution in [3.63, 3.8) is 0 Å². The Morgan fingerprint density at radius 2 is 2.20 bits per heavy atom. The van der Waals surface area contributed by atoms with Crippen molar-refractivity contribution >= 4 is 22.8 Å². The van der Waals surface area contributed by atoms with Crippen LogP contribution in [0.3, 0.4) is 0 Å². The van der Waals surface area contributed by atoms with Gasteiger partial charge in [0.1, 0.15) is 5.52 Å². The Balaban J connectivity index is 2.02. The first-order valence-electron chi connectivity index (χ1n) is 8.16. The Hall–Kier alpha value is -2.93. The molecule has 3 rings (SSSR count). The molecule has 25 heavy (non-hydrogen) atoms. The van der Waals surface area contributed by atoms with Gasteiger partial charge in [-0.25, -0.2) is 4.79 Å². The number of ether oxygens (including phenoxy) is 1. The van der Waals surface area contributed by atoms with Crippen LogP contribution >= 0.6 is 0 Å². The standard InChI is InChI=1S/C18H21N5O2/c1-3-20-18(24)22-15-12-23(7-8-25-2)16-9-14(11-21-17(15)16)13-5-4-6-19-10-13/h4-6,9-12H,3,7-8H2,1-2H3,(H2,20,22,24). The van der Waals surface area contributed by atoms with Gasteiger partial charge >= 0.3 is 6.03 Å². The molecule has 2 amide bonds. The van der Waals surface area contributed by atoms with E-state index < -0.39 is 0 Å². The van der Waals surface area contributed by atoms with E-state index in [1.165, 1.54) is 0 Å². The van der Waals surface area contributed by atoms with E-state index >= 15 is 0 Å². The third kappa shape index (κ3) is 3.77. The molecule has 0 unspecified atom stereocenters. The van der Waals surface area contributed by atoms with Crippen LogP contribution in [0.4, 0.5) is 10.5 Å². The van der Waals surface area contributed by atoms with E-state index in [-0.39, 0.29) is 6.03 Å². The molecule has 0 aromatic carbocycles. The minimum Gasteiger partial charge on any atom is -0.383 e. The van der Waals surface area contributed by atoms with Gasteiger partial charge in [0.2, 0.25) is 0 Å². The summed E-state index contributed by atoms with van der Waals surface area (Å²) in [6, 6.07) is 5.70. The lowest BCUT2D eigenvalue weighted by Crippen LogP contribution is -2.28. The molecule has 0 aliphatic rings. The Labute approximate surface area is 146 Å². The van der Waals surface area contributed by atoms with E-state index in [2.05, 4.69) is 26.7 Å². The summed E-state index contributed by atoms with van der Waals surface area (Å²) in [5.74, 6) is 0. The minimum atomic E-state index is -0.244. The van der Waals surface area contributed by atoms with Crippen molar-refractivity contribution in [1.82, 2.24) is 19.9 Å². The van der Waals surface area contributed by atoms with Gasteiger partial charge in [0.05, 0.1) is 17.8 Å². The van der Waals surface area contributed by atoms with Crippen LogP contribution in [-0.2, 0) is 11.3 Å². The van der Waals surface area contributed by atoms with E-state index in [1.807, 2.05) is 29.8 Å². The van der Waals surface area contributed by atoms with Crippen LogP contribution in [0, 0.1) is 0 Å². The fraction of sp³-hybridized carbons (Fsp3) is 0.278. The molecular formula is C18H21N5O2. The van der Waals surface area contributed by atoms with E-state index in [0.29, 0.717) is 25.4 Å². The highest BCUT2D eigenvalue weighted by atomic mass is 16.5. The zero-order valence-corrected chi connectivity index (χ0v) is 14.3. The summed E-state index contributed by atoms with van der Waals surface area (Å²) in [7, 11) is 1.67. The normalized spacial score (nSPS) is 10.8. The molecule has 3 aromatic rings. The maximum absolute atomic E-state index is 11.9. The lowest BCUT2D eigenvalue weighted by atomic mass is 10.1. The zero-order valence-electron chi connectivity index (χ0n) is 14.3. The fourth-order valence-electron chi connectivity index (χ4n) is 2.65. The first-order chi connectivity index (χ1) is 12.2. The number of hydrogen-bond acceptors (Lipinski definition) is 4. The molecule has 0 aliphatic carbocycles. The van der Waals surface area contributed by atoms with E-state index in [0.717, 1.165) is 22.2 Å². The smallest absolute Gasteiger partial charge is 0.319 e.